The minimum Gasteiger partial charge on any atom is -0.380 e. The predicted molar refractivity (Wildman–Crippen MR) is 117 cm³/mol. The van der Waals surface area contributed by atoms with E-state index in [-0.39, 0.29) is 11.9 Å². The summed E-state index contributed by atoms with van der Waals surface area (Å²) in [5.41, 5.74) is 8.44. The van der Waals surface area contributed by atoms with Crippen molar-refractivity contribution in [1.82, 2.24) is 14.8 Å². The Morgan fingerprint density at radius 2 is 1.90 bits per heavy atom. The van der Waals surface area contributed by atoms with E-state index < -0.39 is 0 Å². The van der Waals surface area contributed by atoms with Crippen molar-refractivity contribution in [2.75, 3.05) is 10.6 Å². The highest BCUT2D eigenvalue weighted by molar-refractivity contribution is 6.03. The molecule has 3 heterocycles. The molecule has 0 saturated carbocycles. The lowest BCUT2D eigenvalue weighted by atomic mass is 10.0. The third-order valence-corrected chi connectivity index (χ3v) is 5.67. The molecule has 2 aromatic carbocycles. The van der Waals surface area contributed by atoms with Crippen LogP contribution in [0, 0.1) is 6.92 Å². The van der Waals surface area contributed by atoms with E-state index in [1.807, 2.05) is 32.2 Å². The number of rotatable bonds is 2. The van der Waals surface area contributed by atoms with Crippen LogP contribution >= 0.6 is 0 Å². The molecular weight excluding hydrogens is 362 g/mol. The van der Waals surface area contributed by atoms with Crippen LogP contribution in [0.25, 0.3) is 33.3 Å². The second-order valence-corrected chi connectivity index (χ2v) is 7.77. The van der Waals surface area contributed by atoms with Crippen molar-refractivity contribution in [2.24, 2.45) is 7.05 Å². The monoisotopic (exact) mass is 385 g/mol. The zero-order valence-corrected chi connectivity index (χ0v) is 16.7. The van der Waals surface area contributed by atoms with E-state index in [9.17, 15) is 4.79 Å². The molecule has 6 nitrogen and oxygen atoms in total. The zero-order valence-electron chi connectivity index (χ0n) is 16.7. The van der Waals surface area contributed by atoms with Gasteiger partial charge in [0.2, 0.25) is 5.91 Å². The van der Waals surface area contributed by atoms with Gasteiger partial charge >= 0.3 is 0 Å². The highest BCUT2D eigenvalue weighted by Gasteiger charge is 2.22. The third-order valence-electron chi connectivity index (χ3n) is 5.67. The van der Waals surface area contributed by atoms with Crippen LogP contribution in [0.3, 0.4) is 0 Å². The van der Waals surface area contributed by atoms with Crippen molar-refractivity contribution in [2.45, 2.75) is 26.3 Å². The van der Waals surface area contributed by atoms with Crippen molar-refractivity contribution in [3.05, 3.63) is 54.4 Å². The number of amides is 1. The van der Waals surface area contributed by atoms with Gasteiger partial charge in [-0.25, -0.2) is 0 Å². The number of anilines is 2. The smallest absolute Gasteiger partial charge is 0.226 e. The minimum atomic E-state index is 0.0376. The lowest BCUT2D eigenvalue weighted by Crippen LogP contribution is -2.19. The first-order chi connectivity index (χ1) is 14.0. The molecule has 6 heteroatoms. The first-order valence-electron chi connectivity index (χ1n) is 9.81. The second kappa shape index (κ2) is 6.51. The molecule has 0 fully saturated rings. The van der Waals surface area contributed by atoms with E-state index in [0.29, 0.717) is 6.42 Å². The Bertz CT molecular complexity index is 1250. The molecule has 0 spiro atoms. The maximum atomic E-state index is 12.2. The number of aryl methyl sites for hydroxylation is 2. The number of nitrogens with zero attached hydrogens (tertiary/aromatic N) is 2. The Morgan fingerprint density at radius 1 is 1.10 bits per heavy atom. The molecule has 0 radical (unpaired) electrons. The lowest BCUT2D eigenvalue weighted by molar-refractivity contribution is -0.116. The fourth-order valence-corrected chi connectivity index (χ4v) is 4.32. The molecule has 3 N–H and O–H groups in total. The van der Waals surface area contributed by atoms with Gasteiger partial charge in [-0.3, -0.25) is 9.89 Å². The fourth-order valence-electron chi connectivity index (χ4n) is 4.32. The molecule has 0 aliphatic carbocycles. The maximum Gasteiger partial charge on any atom is 0.226 e. The maximum absolute atomic E-state index is 12.2. The number of carbonyl (C=O) groups is 1. The SMILES string of the molecule is Cc1[nH]ncc1-c1cccc2cc(-c3cccc4c3N[C@H](C)CC(=O)N4)n(C)c12. The van der Waals surface area contributed by atoms with E-state index in [0.717, 1.165) is 45.0 Å². The quantitative estimate of drug-likeness (QED) is 0.469. The van der Waals surface area contributed by atoms with Gasteiger partial charge in [0.1, 0.15) is 0 Å². The Morgan fingerprint density at radius 3 is 2.69 bits per heavy atom. The standard InChI is InChI=1S/C23H23N5O/c1-13-10-21(29)26-19-9-5-8-17(22(19)25-13)20-11-15-6-4-7-16(23(15)28(20)3)18-12-24-27-14(18)2/h4-9,11-13,25H,10H2,1-3H3,(H,24,27)(H,26,29)/t13-/m1/s1. The molecule has 2 aromatic heterocycles. The summed E-state index contributed by atoms with van der Waals surface area (Å²) >= 11 is 0. The summed E-state index contributed by atoms with van der Waals surface area (Å²) in [6.07, 6.45) is 2.33. The Balaban J connectivity index is 1.74. The highest BCUT2D eigenvalue weighted by Crippen LogP contribution is 2.40. The summed E-state index contributed by atoms with van der Waals surface area (Å²) in [5.74, 6) is 0.0376. The van der Waals surface area contributed by atoms with Crippen LogP contribution in [0.1, 0.15) is 19.0 Å². The molecule has 1 amide bonds. The summed E-state index contributed by atoms with van der Waals surface area (Å²) in [4.78, 5) is 12.2. The fraction of sp³-hybridized carbons (Fsp3) is 0.217. The largest absolute Gasteiger partial charge is 0.380 e. The van der Waals surface area contributed by atoms with Gasteiger partial charge in [0.25, 0.3) is 0 Å². The Hall–Kier alpha value is -3.54. The average Bonchev–Trinajstić information content (AvgIpc) is 3.21. The Kier molecular flexibility index (Phi) is 3.94. The molecule has 0 bridgehead atoms. The van der Waals surface area contributed by atoms with Gasteiger partial charge < -0.3 is 15.2 Å². The van der Waals surface area contributed by atoms with Crippen LogP contribution in [-0.4, -0.2) is 26.7 Å². The summed E-state index contributed by atoms with van der Waals surface area (Å²) < 4.78 is 2.23. The van der Waals surface area contributed by atoms with Gasteiger partial charge in [-0.2, -0.15) is 5.10 Å². The van der Waals surface area contributed by atoms with Crippen molar-refractivity contribution < 1.29 is 4.79 Å². The number of aromatic amines is 1. The number of benzene rings is 2. The van der Waals surface area contributed by atoms with Crippen LogP contribution in [0.15, 0.2) is 48.7 Å². The van der Waals surface area contributed by atoms with E-state index in [4.69, 9.17) is 0 Å². The number of fused-ring (bicyclic) bond motifs is 2. The van der Waals surface area contributed by atoms with E-state index in [1.54, 1.807) is 0 Å². The summed E-state index contributed by atoms with van der Waals surface area (Å²) in [6.45, 7) is 4.07. The molecule has 1 aliphatic heterocycles. The van der Waals surface area contributed by atoms with Crippen LogP contribution in [-0.2, 0) is 11.8 Å². The minimum absolute atomic E-state index is 0.0376. The molecule has 146 valence electrons. The van der Waals surface area contributed by atoms with Gasteiger partial charge in [-0.15, -0.1) is 0 Å². The van der Waals surface area contributed by atoms with E-state index in [1.165, 1.54) is 5.39 Å². The van der Waals surface area contributed by atoms with E-state index >= 15 is 0 Å². The first-order valence-corrected chi connectivity index (χ1v) is 9.81. The number of hydrogen-bond acceptors (Lipinski definition) is 3. The Labute approximate surface area is 168 Å². The average molecular weight is 385 g/mol. The summed E-state index contributed by atoms with van der Waals surface area (Å²) in [5, 5.41) is 15.0. The van der Waals surface area contributed by atoms with Gasteiger partial charge in [0.05, 0.1) is 28.8 Å². The van der Waals surface area contributed by atoms with Gasteiger partial charge in [0, 0.05) is 47.3 Å². The molecule has 1 aliphatic rings. The van der Waals surface area contributed by atoms with Gasteiger partial charge in [-0.05, 0) is 26.0 Å². The topological polar surface area (TPSA) is 74.7 Å². The molecule has 0 unspecified atom stereocenters. The molecule has 4 aromatic rings. The molecule has 1 atom stereocenters. The number of para-hydroxylation sites is 2. The number of H-pyrrole nitrogens is 1. The van der Waals surface area contributed by atoms with Crippen molar-refractivity contribution in [3.8, 4) is 22.4 Å². The number of nitrogens with one attached hydrogen (secondary N) is 3. The molecule has 5 rings (SSSR count). The van der Waals surface area contributed by atoms with E-state index in [2.05, 4.69) is 62.8 Å². The predicted octanol–water partition coefficient (Wildman–Crippen LogP) is 4.69. The lowest BCUT2D eigenvalue weighted by Gasteiger charge is -2.17. The molecule has 29 heavy (non-hydrogen) atoms. The molecule has 0 saturated heterocycles. The zero-order chi connectivity index (χ0) is 20.1. The van der Waals surface area contributed by atoms with Crippen LogP contribution in [0.4, 0.5) is 11.4 Å². The second-order valence-electron chi connectivity index (χ2n) is 7.77. The number of hydrogen-bond donors (Lipinski definition) is 3. The number of carbonyl (C=O) groups excluding carboxylic acids is 1. The first kappa shape index (κ1) is 17.6. The van der Waals surface area contributed by atoms with Gasteiger partial charge in [0.15, 0.2) is 0 Å². The van der Waals surface area contributed by atoms with Crippen molar-refractivity contribution in [3.63, 3.8) is 0 Å². The highest BCUT2D eigenvalue weighted by atomic mass is 16.1. The van der Waals surface area contributed by atoms with Crippen LogP contribution in [0.2, 0.25) is 0 Å². The van der Waals surface area contributed by atoms with Crippen LogP contribution in [0.5, 0.6) is 0 Å². The third kappa shape index (κ3) is 2.79. The van der Waals surface area contributed by atoms with Crippen molar-refractivity contribution in [1.29, 1.82) is 0 Å². The summed E-state index contributed by atoms with van der Waals surface area (Å²) in [6, 6.07) is 14.7. The van der Waals surface area contributed by atoms with Gasteiger partial charge in [-0.1, -0.05) is 30.3 Å². The van der Waals surface area contributed by atoms with Crippen LogP contribution < -0.4 is 10.6 Å². The summed E-state index contributed by atoms with van der Waals surface area (Å²) in [7, 11) is 2.09. The molecular formula is C23H23N5O. The number of aromatic nitrogens is 3. The van der Waals surface area contributed by atoms with Crippen molar-refractivity contribution >= 4 is 28.2 Å². The normalized spacial score (nSPS) is 16.2.